The van der Waals surface area contributed by atoms with Crippen LogP contribution < -0.4 is 4.90 Å². The van der Waals surface area contributed by atoms with Crippen molar-refractivity contribution in [1.29, 1.82) is 0 Å². The monoisotopic (exact) mass is 377 g/mol. The number of benzene rings is 1. The minimum Gasteiger partial charge on any atom is -0.452 e. The Balaban J connectivity index is 1.44. The highest BCUT2D eigenvalue weighted by molar-refractivity contribution is 5.84. The van der Waals surface area contributed by atoms with Gasteiger partial charge in [-0.05, 0) is 58.1 Å². The van der Waals surface area contributed by atoms with Crippen molar-refractivity contribution in [1.82, 2.24) is 9.80 Å². The summed E-state index contributed by atoms with van der Waals surface area (Å²) in [5.74, 6) is -0.765. The predicted molar refractivity (Wildman–Crippen MR) is 101 cm³/mol. The van der Waals surface area contributed by atoms with E-state index >= 15 is 0 Å². The standard InChI is InChI=1S/C20H28FN3O3/c1-14(27-20(26)15-12-18(13-15)22(2)3)19(25)24-10-8-23(9-11-24)17-6-4-16(21)5-7-17/h4-7,14-15,18H,8-13H2,1-3H3. The molecule has 6 nitrogen and oxygen atoms in total. The van der Waals surface area contributed by atoms with E-state index in [9.17, 15) is 14.0 Å². The molecule has 1 heterocycles. The number of carbonyl (C=O) groups is 2. The Labute approximate surface area is 159 Å². The third-order valence-electron chi connectivity index (χ3n) is 5.60. The van der Waals surface area contributed by atoms with Gasteiger partial charge in [-0.2, -0.15) is 0 Å². The van der Waals surface area contributed by atoms with Gasteiger partial charge < -0.3 is 19.4 Å². The second-order valence-corrected chi connectivity index (χ2v) is 7.65. The SMILES string of the molecule is CC(OC(=O)C1CC(N(C)C)C1)C(=O)N1CCN(c2ccc(F)cc2)CC1. The van der Waals surface area contributed by atoms with E-state index in [-0.39, 0.29) is 23.6 Å². The fourth-order valence-electron chi connectivity index (χ4n) is 3.62. The number of anilines is 1. The molecular formula is C20H28FN3O3. The summed E-state index contributed by atoms with van der Waals surface area (Å²) in [6.07, 6.45) is 0.833. The Bertz CT molecular complexity index is 666. The number of nitrogens with zero attached hydrogens (tertiary/aromatic N) is 3. The second-order valence-electron chi connectivity index (χ2n) is 7.65. The molecule has 1 amide bonds. The van der Waals surface area contributed by atoms with Crippen LogP contribution in [0.25, 0.3) is 0 Å². The Kier molecular flexibility index (Phi) is 5.99. The Hall–Kier alpha value is -2.15. The van der Waals surface area contributed by atoms with Crippen LogP contribution in [0.5, 0.6) is 0 Å². The second kappa shape index (κ2) is 8.25. The van der Waals surface area contributed by atoms with Crippen molar-refractivity contribution in [2.45, 2.75) is 31.9 Å². The third-order valence-corrected chi connectivity index (χ3v) is 5.60. The zero-order valence-corrected chi connectivity index (χ0v) is 16.2. The van der Waals surface area contributed by atoms with Crippen molar-refractivity contribution < 1.29 is 18.7 Å². The molecule has 3 rings (SSSR count). The van der Waals surface area contributed by atoms with Gasteiger partial charge in [-0.3, -0.25) is 9.59 Å². The molecule has 0 spiro atoms. The summed E-state index contributed by atoms with van der Waals surface area (Å²) in [7, 11) is 4.01. The highest BCUT2D eigenvalue weighted by atomic mass is 19.1. The van der Waals surface area contributed by atoms with E-state index in [2.05, 4.69) is 9.80 Å². The molecule has 1 saturated heterocycles. The summed E-state index contributed by atoms with van der Waals surface area (Å²) in [6, 6.07) is 6.80. The minimum absolute atomic E-state index is 0.0945. The first kappa shape index (κ1) is 19.6. The molecule has 0 bridgehead atoms. The molecule has 1 unspecified atom stereocenters. The lowest BCUT2D eigenvalue weighted by molar-refractivity contribution is -0.166. The molecular weight excluding hydrogens is 349 g/mol. The van der Waals surface area contributed by atoms with Crippen LogP contribution in [0.2, 0.25) is 0 Å². The number of carbonyl (C=O) groups excluding carboxylic acids is 2. The quantitative estimate of drug-likeness (QED) is 0.732. The van der Waals surface area contributed by atoms with Crippen LogP contribution in [0.3, 0.4) is 0 Å². The van der Waals surface area contributed by atoms with E-state index in [1.54, 1.807) is 24.0 Å². The number of halogens is 1. The lowest BCUT2D eigenvalue weighted by atomic mass is 9.79. The highest BCUT2D eigenvalue weighted by Crippen LogP contribution is 2.31. The molecule has 0 N–H and O–H groups in total. The van der Waals surface area contributed by atoms with E-state index in [0.717, 1.165) is 18.5 Å². The van der Waals surface area contributed by atoms with Crippen molar-refractivity contribution >= 4 is 17.6 Å². The lowest BCUT2D eigenvalue weighted by Crippen LogP contribution is -2.52. The zero-order valence-electron chi connectivity index (χ0n) is 16.2. The van der Waals surface area contributed by atoms with Crippen LogP contribution in [-0.2, 0) is 14.3 Å². The van der Waals surface area contributed by atoms with E-state index < -0.39 is 6.10 Å². The number of piperazine rings is 1. The molecule has 1 atom stereocenters. The van der Waals surface area contributed by atoms with Crippen molar-refractivity contribution in [3.63, 3.8) is 0 Å². The van der Waals surface area contributed by atoms with E-state index in [4.69, 9.17) is 4.74 Å². The topological polar surface area (TPSA) is 53.1 Å². The van der Waals surface area contributed by atoms with Gasteiger partial charge in [0.25, 0.3) is 5.91 Å². The van der Waals surface area contributed by atoms with Crippen molar-refractivity contribution in [3.8, 4) is 0 Å². The molecule has 7 heteroatoms. The van der Waals surface area contributed by atoms with Gasteiger partial charge in [-0.25, -0.2) is 4.39 Å². The molecule has 1 aliphatic heterocycles. The average Bonchev–Trinajstić information content (AvgIpc) is 2.60. The van der Waals surface area contributed by atoms with Crippen molar-refractivity contribution in [2.75, 3.05) is 45.2 Å². The number of hydrogen-bond acceptors (Lipinski definition) is 5. The van der Waals surface area contributed by atoms with E-state index in [1.807, 2.05) is 14.1 Å². The maximum atomic E-state index is 13.0. The summed E-state index contributed by atoms with van der Waals surface area (Å²) in [5, 5.41) is 0. The van der Waals surface area contributed by atoms with E-state index in [1.165, 1.54) is 12.1 Å². The molecule has 1 aliphatic carbocycles. The lowest BCUT2D eigenvalue weighted by Gasteiger charge is -2.39. The average molecular weight is 377 g/mol. The first-order valence-corrected chi connectivity index (χ1v) is 9.51. The largest absolute Gasteiger partial charge is 0.452 e. The minimum atomic E-state index is -0.756. The molecule has 1 aromatic rings. The number of rotatable bonds is 5. The van der Waals surface area contributed by atoms with Gasteiger partial charge >= 0.3 is 5.97 Å². The fourth-order valence-corrected chi connectivity index (χ4v) is 3.62. The number of ether oxygens (including phenoxy) is 1. The van der Waals surface area contributed by atoms with Crippen LogP contribution in [-0.4, -0.2) is 74.1 Å². The van der Waals surface area contributed by atoms with Gasteiger partial charge in [0, 0.05) is 37.9 Å². The molecule has 2 fully saturated rings. The third kappa shape index (κ3) is 4.58. The first-order valence-electron chi connectivity index (χ1n) is 9.51. The van der Waals surface area contributed by atoms with Gasteiger partial charge in [0.05, 0.1) is 5.92 Å². The van der Waals surface area contributed by atoms with E-state index in [0.29, 0.717) is 32.2 Å². The molecule has 2 aliphatic rings. The molecule has 27 heavy (non-hydrogen) atoms. The van der Waals surface area contributed by atoms with Crippen LogP contribution in [0.15, 0.2) is 24.3 Å². The maximum Gasteiger partial charge on any atom is 0.309 e. The fraction of sp³-hybridized carbons (Fsp3) is 0.600. The maximum absolute atomic E-state index is 13.0. The summed E-state index contributed by atoms with van der Waals surface area (Å²) in [6.45, 7) is 4.11. The summed E-state index contributed by atoms with van der Waals surface area (Å²) in [4.78, 5) is 30.8. The number of esters is 1. The molecule has 1 aromatic carbocycles. The Morgan fingerprint density at radius 3 is 2.26 bits per heavy atom. The van der Waals surface area contributed by atoms with Crippen LogP contribution in [0.1, 0.15) is 19.8 Å². The van der Waals surface area contributed by atoms with Crippen LogP contribution in [0.4, 0.5) is 10.1 Å². The molecule has 0 aromatic heterocycles. The molecule has 0 radical (unpaired) electrons. The summed E-state index contributed by atoms with van der Waals surface area (Å²) in [5.41, 5.74) is 0.948. The van der Waals surface area contributed by atoms with Crippen molar-refractivity contribution in [3.05, 3.63) is 30.1 Å². The van der Waals surface area contributed by atoms with Gasteiger partial charge in [-0.15, -0.1) is 0 Å². The van der Waals surface area contributed by atoms with Crippen LogP contribution in [0, 0.1) is 11.7 Å². The molecule has 1 saturated carbocycles. The first-order chi connectivity index (χ1) is 12.8. The smallest absolute Gasteiger partial charge is 0.309 e. The van der Waals surface area contributed by atoms with Crippen molar-refractivity contribution in [2.24, 2.45) is 5.92 Å². The van der Waals surface area contributed by atoms with Gasteiger partial charge in [0.1, 0.15) is 5.82 Å². The van der Waals surface area contributed by atoms with Gasteiger partial charge in [0.2, 0.25) is 0 Å². The Morgan fingerprint density at radius 1 is 1.11 bits per heavy atom. The zero-order chi connectivity index (χ0) is 19.6. The number of amides is 1. The summed E-state index contributed by atoms with van der Waals surface area (Å²) < 4.78 is 18.5. The molecule has 148 valence electrons. The van der Waals surface area contributed by atoms with Crippen LogP contribution >= 0.6 is 0 Å². The summed E-state index contributed by atoms with van der Waals surface area (Å²) >= 11 is 0. The number of hydrogen-bond donors (Lipinski definition) is 0. The predicted octanol–water partition coefficient (Wildman–Crippen LogP) is 1.75. The van der Waals surface area contributed by atoms with Gasteiger partial charge in [-0.1, -0.05) is 0 Å². The Morgan fingerprint density at radius 2 is 1.70 bits per heavy atom. The highest BCUT2D eigenvalue weighted by Gasteiger charge is 2.38. The van der Waals surface area contributed by atoms with Gasteiger partial charge in [0.15, 0.2) is 6.10 Å². The normalized spacial score (nSPS) is 23.7.